The number of piperidine rings is 1. The number of benzene rings is 1. The lowest BCUT2D eigenvalue weighted by molar-refractivity contribution is 0.170. The number of nitrogens with one attached hydrogen (secondary N) is 1. The number of hydrogen-bond acceptors (Lipinski definition) is 1. The van der Waals surface area contributed by atoms with Crippen LogP contribution in [0.3, 0.4) is 0 Å². The number of likely N-dealkylation sites (tertiary alicyclic amines) is 1. The van der Waals surface area contributed by atoms with E-state index in [9.17, 15) is 4.79 Å². The molecule has 0 radical (unpaired) electrons. The van der Waals surface area contributed by atoms with Crippen LogP contribution in [0.1, 0.15) is 26.2 Å². The highest BCUT2D eigenvalue weighted by molar-refractivity contribution is 5.89. The van der Waals surface area contributed by atoms with Crippen molar-refractivity contribution in [2.45, 2.75) is 32.2 Å². The number of rotatable bonds is 1. The average molecular weight is 218 g/mol. The van der Waals surface area contributed by atoms with Crippen molar-refractivity contribution in [3.05, 3.63) is 30.3 Å². The fraction of sp³-hybridized carbons (Fsp3) is 0.462. The van der Waals surface area contributed by atoms with Gasteiger partial charge in [0.1, 0.15) is 0 Å². The minimum absolute atomic E-state index is 0.0263. The maximum Gasteiger partial charge on any atom is 0.322 e. The second-order valence-corrected chi connectivity index (χ2v) is 4.33. The van der Waals surface area contributed by atoms with E-state index in [4.69, 9.17) is 0 Å². The van der Waals surface area contributed by atoms with Gasteiger partial charge in [0.15, 0.2) is 0 Å². The number of urea groups is 1. The summed E-state index contributed by atoms with van der Waals surface area (Å²) in [7, 11) is 0. The second-order valence-electron chi connectivity index (χ2n) is 4.33. The summed E-state index contributed by atoms with van der Waals surface area (Å²) in [5, 5.41) is 2.93. The van der Waals surface area contributed by atoms with E-state index >= 15 is 0 Å². The van der Waals surface area contributed by atoms with E-state index in [2.05, 4.69) is 12.2 Å². The van der Waals surface area contributed by atoms with Crippen LogP contribution in [0.5, 0.6) is 0 Å². The third-order valence-corrected chi connectivity index (χ3v) is 3.09. The molecule has 2 amide bonds. The molecule has 1 aliphatic rings. The van der Waals surface area contributed by atoms with Gasteiger partial charge in [-0.15, -0.1) is 0 Å². The molecule has 0 saturated carbocycles. The van der Waals surface area contributed by atoms with Crippen LogP contribution in [0.4, 0.5) is 10.5 Å². The van der Waals surface area contributed by atoms with Gasteiger partial charge in [-0.25, -0.2) is 4.79 Å². The van der Waals surface area contributed by atoms with E-state index in [1.807, 2.05) is 35.2 Å². The van der Waals surface area contributed by atoms with Crippen LogP contribution in [-0.4, -0.2) is 23.5 Å². The van der Waals surface area contributed by atoms with Gasteiger partial charge in [-0.05, 0) is 38.3 Å². The van der Waals surface area contributed by atoms with Gasteiger partial charge >= 0.3 is 6.03 Å². The third-order valence-electron chi connectivity index (χ3n) is 3.09. The lowest BCUT2D eigenvalue weighted by Gasteiger charge is -2.33. The lowest BCUT2D eigenvalue weighted by Crippen LogP contribution is -2.44. The summed E-state index contributed by atoms with van der Waals surface area (Å²) in [6, 6.07) is 10.00. The van der Waals surface area contributed by atoms with Crippen molar-refractivity contribution in [3.63, 3.8) is 0 Å². The third kappa shape index (κ3) is 2.54. The molecular weight excluding hydrogens is 200 g/mol. The first kappa shape index (κ1) is 11.0. The Hall–Kier alpha value is -1.51. The number of carbonyl (C=O) groups excluding carboxylic acids is 1. The zero-order valence-corrected chi connectivity index (χ0v) is 9.65. The highest BCUT2D eigenvalue weighted by Crippen LogP contribution is 2.17. The standard InChI is InChI=1S/C13H18N2O/c1-11-7-5-6-10-15(11)13(16)14-12-8-3-2-4-9-12/h2-4,8-9,11H,5-7,10H2,1H3,(H,14,16). The highest BCUT2D eigenvalue weighted by atomic mass is 16.2. The Morgan fingerprint density at radius 3 is 2.75 bits per heavy atom. The fourth-order valence-corrected chi connectivity index (χ4v) is 2.12. The SMILES string of the molecule is CC1CCCCN1C(=O)Nc1ccccc1. The maximum atomic E-state index is 12.0. The number of para-hydroxylation sites is 1. The Morgan fingerprint density at radius 2 is 2.06 bits per heavy atom. The minimum atomic E-state index is 0.0263. The molecule has 86 valence electrons. The summed E-state index contributed by atoms with van der Waals surface area (Å²) in [5.74, 6) is 0. The first-order chi connectivity index (χ1) is 7.77. The van der Waals surface area contributed by atoms with Crippen LogP contribution < -0.4 is 5.32 Å². The van der Waals surface area contributed by atoms with Gasteiger partial charge in [0.05, 0.1) is 0 Å². The predicted octanol–water partition coefficient (Wildman–Crippen LogP) is 3.09. The quantitative estimate of drug-likeness (QED) is 0.771. The Balaban J connectivity index is 1.97. The van der Waals surface area contributed by atoms with Gasteiger partial charge < -0.3 is 10.2 Å². The van der Waals surface area contributed by atoms with Crippen LogP contribution in [-0.2, 0) is 0 Å². The molecule has 2 rings (SSSR count). The molecule has 1 aromatic carbocycles. The van der Waals surface area contributed by atoms with Crippen molar-refractivity contribution >= 4 is 11.7 Å². The lowest BCUT2D eigenvalue weighted by atomic mass is 10.0. The molecule has 3 nitrogen and oxygen atoms in total. The van der Waals surface area contributed by atoms with E-state index in [-0.39, 0.29) is 6.03 Å². The monoisotopic (exact) mass is 218 g/mol. The molecule has 1 unspecified atom stereocenters. The molecule has 1 atom stereocenters. The predicted molar refractivity (Wildman–Crippen MR) is 65.5 cm³/mol. The molecule has 1 aromatic rings. The van der Waals surface area contributed by atoms with E-state index < -0.39 is 0 Å². The Morgan fingerprint density at radius 1 is 1.31 bits per heavy atom. The van der Waals surface area contributed by atoms with E-state index in [0.29, 0.717) is 6.04 Å². The summed E-state index contributed by atoms with van der Waals surface area (Å²) in [6.45, 7) is 2.99. The Kier molecular flexibility index (Phi) is 3.44. The van der Waals surface area contributed by atoms with Gasteiger partial charge in [0, 0.05) is 18.3 Å². The van der Waals surface area contributed by atoms with Gasteiger partial charge in [0.2, 0.25) is 0 Å². The summed E-state index contributed by atoms with van der Waals surface area (Å²) >= 11 is 0. The van der Waals surface area contributed by atoms with Crippen molar-refractivity contribution in [1.29, 1.82) is 0 Å². The summed E-state index contributed by atoms with van der Waals surface area (Å²) in [4.78, 5) is 13.9. The number of nitrogens with zero attached hydrogens (tertiary/aromatic N) is 1. The largest absolute Gasteiger partial charge is 0.322 e. The van der Waals surface area contributed by atoms with Crippen molar-refractivity contribution in [1.82, 2.24) is 4.90 Å². The molecule has 16 heavy (non-hydrogen) atoms. The normalized spacial score (nSPS) is 20.6. The smallest absolute Gasteiger partial charge is 0.322 e. The molecule has 1 saturated heterocycles. The van der Waals surface area contributed by atoms with Crippen molar-refractivity contribution in [2.24, 2.45) is 0 Å². The zero-order valence-electron chi connectivity index (χ0n) is 9.65. The van der Waals surface area contributed by atoms with Crippen LogP contribution >= 0.6 is 0 Å². The molecule has 1 aliphatic heterocycles. The molecule has 0 aliphatic carbocycles. The van der Waals surface area contributed by atoms with Crippen LogP contribution in [0.15, 0.2) is 30.3 Å². The molecule has 1 heterocycles. The topological polar surface area (TPSA) is 32.3 Å². The highest BCUT2D eigenvalue weighted by Gasteiger charge is 2.22. The molecule has 0 aromatic heterocycles. The van der Waals surface area contributed by atoms with Gasteiger partial charge in [-0.1, -0.05) is 18.2 Å². The molecule has 3 heteroatoms. The second kappa shape index (κ2) is 5.01. The molecule has 1 N–H and O–H groups in total. The van der Waals surface area contributed by atoms with E-state index in [1.165, 1.54) is 6.42 Å². The summed E-state index contributed by atoms with van der Waals surface area (Å²) in [5.41, 5.74) is 0.866. The summed E-state index contributed by atoms with van der Waals surface area (Å²) < 4.78 is 0. The average Bonchev–Trinajstić information content (AvgIpc) is 2.31. The molecule has 0 bridgehead atoms. The van der Waals surface area contributed by atoms with Crippen LogP contribution in [0.25, 0.3) is 0 Å². The molecule has 0 spiro atoms. The fourth-order valence-electron chi connectivity index (χ4n) is 2.12. The van der Waals surface area contributed by atoms with Crippen LogP contribution in [0.2, 0.25) is 0 Å². The Bertz CT molecular complexity index is 350. The molecular formula is C13H18N2O. The Labute approximate surface area is 96.5 Å². The first-order valence-electron chi connectivity index (χ1n) is 5.90. The van der Waals surface area contributed by atoms with Gasteiger partial charge in [-0.3, -0.25) is 0 Å². The maximum absolute atomic E-state index is 12.0. The van der Waals surface area contributed by atoms with E-state index in [0.717, 1.165) is 25.1 Å². The van der Waals surface area contributed by atoms with Crippen molar-refractivity contribution in [3.8, 4) is 0 Å². The number of hydrogen-bond donors (Lipinski definition) is 1. The summed E-state index contributed by atoms with van der Waals surface area (Å²) in [6.07, 6.45) is 3.46. The molecule has 1 fully saturated rings. The van der Waals surface area contributed by atoms with Gasteiger partial charge in [0.25, 0.3) is 0 Å². The van der Waals surface area contributed by atoms with Gasteiger partial charge in [-0.2, -0.15) is 0 Å². The number of carbonyl (C=O) groups is 1. The van der Waals surface area contributed by atoms with Crippen molar-refractivity contribution < 1.29 is 4.79 Å². The number of amides is 2. The van der Waals surface area contributed by atoms with Crippen LogP contribution in [0, 0.1) is 0 Å². The van der Waals surface area contributed by atoms with E-state index in [1.54, 1.807) is 0 Å². The van der Waals surface area contributed by atoms with Crippen molar-refractivity contribution in [2.75, 3.05) is 11.9 Å². The first-order valence-corrected chi connectivity index (χ1v) is 5.90. The number of anilines is 1. The zero-order chi connectivity index (χ0) is 11.4. The minimum Gasteiger partial charge on any atom is -0.322 e.